The Morgan fingerprint density at radius 3 is 2.97 bits per heavy atom. The minimum Gasteiger partial charge on any atom is -0.473 e. The number of halogens is 1. The number of ether oxygens (including phenoxy) is 1. The lowest BCUT2D eigenvalue weighted by molar-refractivity contribution is 0.195. The summed E-state index contributed by atoms with van der Waals surface area (Å²) >= 11 is 0. The van der Waals surface area contributed by atoms with Crippen LogP contribution in [-0.2, 0) is 16.6 Å². The molecule has 2 aliphatic rings. The molecule has 3 heterocycles. The van der Waals surface area contributed by atoms with Crippen LogP contribution in [0.25, 0.3) is 0 Å². The molecule has 0 unspecified atom stereocenters. The van der Waals surface area contributed by atoms with Gasteiger partial charge in [0.25, 0.3) is 0 Å². The lowest BCUT2D eigenvalue weighted by Gasteiger charge is -2.13. The van der Waals surface area contributed by atoms with Crippen molar-refractivity contribution < 1.29 is 17.5 Å². The molecular formula is C20H21FN6O3S. The Labute approximate surface area is 178 Å². The summed E-state index contributed by atoms with van der Waals surface area (Å²) in [7, 11) is -3.62. The quantitative estimate of drug-likeness (QED) is 0.553. The molecule has 1 fully saturated rings. The second kappa shape index (κ2) is 7.57. The number of hydrogen-bond acceptors (Lipinski definition) is 7. The highest BCUT2D eigenvalue weighted by molar-refractivity contribution is 7.89. The fourth-order valence-corrected chi connectivity index (χ4v) is 5.32. The van der Waals surface area contributed by atoms with Crippen molar-refractivity contribution in [2.45, 2.75) is 49.6 Å². The Morgan fingerprint density at radius 2 is 2.13 bits per heavy atom. The molecule has 5 rings (SSSR count). The van der Waals surface area contributed by atoms with Gasteiger partial charge < -0.3 is 10.1 Å². The van der Waals surface area contributed by atoms with Crippen LogP contribution in [0.1, 0.15) is 42.0 Å². The predicted molar refractivity (Wildman–Crippen MR) is 110 cm³/mol. The number of aryl methyl sites for hydroxylation is 1. The van der Waals surface area contributed by atoms with Crippen LogP contribution in [0.5, 0.6) is 5.88 Å². The Morgan fingerprint density at radius 1 is 1.26 bits per heavy atom. The molecule has 0 saturated heterocycles. The summed E-state index contributed by atoms with van der Waals surface area (Å²) in [5.74, 6) is 0.675. The van der Waals surface area contributed by atoms with E-state index in [1.807, 2.05) is 19.1 Å². The predicted octanol–water partition coefficient (Wildman–Crippen LogP) is 2.90. The van der Waals surface area contributed by atoms with Crippen LogP contribution in [0, 0.1) is 12.7 Å². The highest BCUT2D eigenvalue weighted by Gasteiger charge is 2.31. The average molecular weight is 444 g/mol. The van der Waals surface area contributed by atoms with Crippen LogP contribution in [0.15, 0.2) is 35.4 Å². The van der Waals surface area contributed by atoms with Gasteiger partial charge in [0.1, 0.15) is 6.10 Å². The zero-order chi connectivity index (χ0) is 21.6. The molecule has 11 heteroatoms. The van der Waals surface area contributed by atoms with Gasteiger partial charge in [-0.3, -0.25) is 5.10 Å². The maximum absolute atomic E-state index is 14.8. The van der Waals surface area contributed by atoms with Crippen molar-refractivity contribution in [2.24, 2.45) is 0 Å². The van der Waals surface area contributed by atoms with Gasteiger partial charge in [-0.1, -0.05) is 0 Å². The van der Waals surface area contributed by atoms with Crippen molar-refractivity contribution in [3.05, 3.63) is 53.1 Å². The average Bonchev–Trinajstić information content (AvgIpc) is 3.45. The maximum Gasteiger partial charge on any atom is 0.241 e. The van der Waals surface area contributed by atoms with Gasteiger partial charge in [0.15, 0.2) is 11.6 Å². The molecule has 3 N–H and O–H groups in total. The van der Waals surface area contributed by atoms with Gasteiger partial charge in [0.05, 0.1) is 16.8 Å². The van der Waals surface area contributed by atoms with Crippen molar-refractivity contribution in [3.8, 4) is 5.88 Å². The number of fused-ring (bicyclic) bond motifs is 1. The van der Waals surface area contributed by atoms with Crippen LogP contribution in [0.4, 0.5) is 15.9 Å². The second-order valence-corrected chi connectivity index (χ2v) is 9.57. The number of rotatable bonds is 5. The molecule has 0 amide bonds. The molecule has 1 aliphatic heterocycles. The number of benzene rings is 1. The maximum atomic E-state index is 14.8. The van der Waals surface area contributed by atoms with E-state index in [4.69, 9.17) is 4.74 Å². The molecule has 162 valence electrons. The Balaban J connectivity index is 1.27. The van der Waals surface area contributed by atoms with E-state index in [-0.39, 0.29) is 34.7 Å². The topological polar surface area (TPSA) is 122 Å². The third-order valence-corrected chi connectivity index (χ3v) is 7.25. The number of H-pyrrole nitrogens is 1. The lowest BCUT2D eigenvalue weighted by Crippen LogP contribution is -2.14. The number of nitrogens with one attached hydrogen (secondary N) is 3. The third kappa shape index (κ3) is 3.74. The third-order valence-electron chi connectivity index (χ3n) is 5.77. The van der Waals surface area contributed by atoms with Gasteiger partial charge in [0.2, 0.25) is 15.9 Å². The van der Waals surface area contributed by atoms with E-state index in [1.54, 1.807) is 6.20 Å². The van der Waals surface area contributed by atoms with Gasteiger partial charge in [-0.25, -0.2) is 17.5 Å². The van der Waals surface area contributed by atoms with Gasteiger partial charge in [-0.2, -0.15) is 10.2 Å². The zero-order valence-electron chi connectivity index (χ0n) is 16.7. The Bertz CT molecular complexity index is 1250. The summed E-state index contributed by atoms with van der Waals surface area (Å²) in [6.07, 6.45) is 4.32. The van der Waals surface area contributed by atoms with E-state index >= 15 is 0 Å². The van der Waals surface area contributed by atoms with Crippen LogP contribution in [0.3, 0.4) is 0 Å². The molecule has 31 heavy (non-hydrogen) atoms. The van der Waals surface area contributed by atoms with Crippen LogP contribution in [0.2, 0.25) is 0 Å². The van der Waals surface area contributed by atoms with Crippen molar-refractivity contribution in [3.63, 3.8) is 0 Å². The smallest absolute Gasteiger partial charge is 0.241 e. The van der Waals surface area contributed by atoms with E-state index in [0.29, 0.717) is 11.7 Å². The number of hydrogen-bond donors (Lipinski definition) is 3. The van der Waals surface area contributed by atoms with Gasteiger partial charge in [-0.15, -0.1) is 5.10 Å². The van der Waals surface area contributed by atoms with Crippen molar-refractivity contribution >= 4 is 21.5 Å². The van der Waals surface area contributed by atoms with E-state index in [0.717, 1.165) is 30.5 Å². The molecular weight excluding hydrogens is 423 g/mol. The summed E-state index contributed by atoms with van der Waals surface area (Å²) < 4.78 is 46.8. The fourth-order valence-electron chi connectivity index (χ4n) is 4.09. The fraction of sp³-hybridized carbons (Fsp3) is 0.350. The number of aromatic amines is 1. The first-order valence-electron chi connectivity index (χ1n) is 9.99. The molecule has 1 aliphatic carbocycles. The number of aromatic nitrogens is 4. The monoisotopic (exact) mass is 444 g/mol. The Hall–Kier alpha value is -3.05. The summed E-state index contributed by atoms with van der Waals surface area (Å²) in [5, 5.41) is 18.1. The first kappa shape index (κ1) is 19.9. The highest BCUT2D eigenvalue weighted by atomic mass is 32.2. The van der Waals surface area contributed by atoms with Crippen molar-refractivity contribution in [1.29, 1.82) is 0 Å². The summed E-state index contributed by atoms with van der Waals surface area (Å²) in [6, 6.07) is 6.53. The standard InChI is InChI=1S/C20H21FN6O3S/c1-11-6-7-22-27-20(11)30-13-3-2-12(8-13)16-9-18(26-25-16)24-15-4-5-17-14(19(15)21)10-23-31(17,28)29/h4-7,9,12-13,23H,2-3,8,10H2,1H3,(H2,24,25,26)/t12-,13+/m0/s1. The first-order valence-corrected chi connectivity index (χ1v) is 11.5. The van der Waals surface area contributed by atoms with E-state index < -0.39 is 15.8 Å². The van der Waals surface area contributed by atoms with Gasteiger partial charge >= 0.3 is 0 Å². The summed E-state index contributed by atoms with van der Waals surface area (Å²) in [4.78, 5) is -0.0198. The summed E-state index contributed by atoms with van der Waals surface area (Å²) in [6.45, 7) is 1.88. The SMILES string of the molecule is Cc1ccnnc1O[C@@H]1CC[C@H](c2cc(Nc3ccc4c(c3F)CNS4(=O)=O)n[nH]2)C1. The minimum atomic E-state index is -3.62. The van der Waals surface area contributed by atoms with Gasteiger partial charge in [0, 0.05) is 35.3 Å². The molecule has 0 radical (unpaired) electrons. The van der Waals surface area contributed by atoms with Crippen LogP contribution >= 0.6 is 0 Å². The largest absolute Gasteiger partial charge is 0.473 e. The molecule has 3 aromatic rings. The zero-order valence-corrected chi connectivity index (χ0v) is 17.5. The van der Waals surface area contributed by atoms with E-state index in [9.17, 15) is 12.8 Å². The molecule has 2 aromatic heterocycles. The minimum absolute atomic E-state index is 0.0198. The molecule has 1 aromatic carbocycles. The molecule has 2 atom stereocenters. The molecule has 1 saturated carbocycles. The molecule has 0 bridgehead atoms. The highest BCUT2D eigenvalue weighted by Crippen LogP contribution is 2.37. The van der Waals surface area contributed by atoms with E-state index in [2.05, 4.69) is 30.4 Å². The molecule has 0 spiro atoms. The van der Waals surface area contributed by atoms with E-state index in [1.165, 1.54) is 12.1 Å². The van der Waals surface area contributed by atoms with Crippen molar-refractivity contribution in [2.75, 3.05) is 5.32 Å². The number of anilines is 2. The van der Waals surface area contributed by atoms with Gasteiger partial charge in [-0.05, 0) is 44.4 Å². The molecule has 9 nitrogen and oxygen atoms in total. The number of sulfonamides is 1. The van der Waals surface area contributed by atoms with Crippen molar-refractivity contribution in [1.82, 2.24) is 25.1 Å². The Kier molecular flexibility index (Phi) is 4.86. The normalized spacial score (nSPS) is 21.7. The summed E-state index contributed by atoms with van der Waals surface area (Å²) in [5.41, 5.74) is 2.21. The van der Waals surface area contributed by atoms with Crippen LogP contribution < -0.4 is 14.8 Å². The first-order chi connectivity index (χ1) is 14.9. The second-order valence-electron chi connectivity index (χ2n) is 7.83. The van der Waals surface area contributed by atoms with Crippen LogP contribution in [-0.4, -0.2) is 34.9 Å². The number of nitrogens with zero attached hydrogens (tertiary/aromatic N) is 3. The lowest BCUT2D eigenvalue weighted by atomic mass is 10.0.